The molecule has 0 aromatic carbocycles. The fraction of sp³-hybridized carbons (Fsp3) is 0.333. The minimum atomic E-state index is -0.0790. The molecule has 19 heavy (non-hydrogen) atoms. The smallest absolute Gasteiger partial charge is 0.273 e. The normalized spacial score (nSPS) is 10.7. The number of carbonyl (C=O) groups excluding carboxylic acids is 1. The van der Waals surface area contributed by atoms with E-state index in [9.17, 15) is 4.79 Å². The first kappa shape index (κ1) is 13.3. The van der Waals surface area contributed by atoms with Crippen LogP contribution in [0, 0.1) is 6.92 Å². The van der Waals surface area contributed by atoms with E-state index in [2.05, 4.69) is 4.98 Å². The van der Waals surface area contributed by atoms with E-state index in [4.69, 9.17) is 4.42 Å². The summed E-state index contributed by atoms with van der Waals surface area (Å²) in [5, 5.41) is 0. The molecule has 0 unspecified atom stereocenters. The highest BCUT2D eigenvalue weighted by molar-refractivity contribution is 5.92. The second-order valence-electron chi connectivity index (χ2n) is 4.75. The van der Waals surface area contributed by atoms with Crippen LogP contribution in [0.15, 0.2) is 40.9 Å². The number of amides is 1. The minimum Gasteiger partial charge on any atom is -0.464 e. The predicted octanol–water partition coefficient (Wildman–Crippen LogP) is 3.03. The van der Waals surface area contributed by atoms with Crippen LogP contribution >= 0.6 is 0 Å². The van der Waals surface area contributed by atoms with Gasteiger partial charge in [-0.2, -0.15) is 0 Å². The first-order chi connectivity index (χ1) is 9.08. The number of aromatic nitrogens is 1. The Morgan fingerprint density at radius 1 is 1.32 bits per heavy atom. The van der Waals surface area contributed by atoms with Gasteiger partial charge < -0.3 is 9.32 Å². The van der Waals surface area contributed by atoms with E-state index in [1.54, 1.807) is 23.2 Å². The average Bonchev–Trinajstić information content (AvgIpc) is 2.81. The maximum Gasteiger partial charge on any atom is 0.273 e. The van der Waals surface area contributed by atoms with E-state index >= 15 is 0 Å². The van der Waals surface area contributed by atoms with Gasteiger partial charge in [-0.15, -0.1) is 0 Å². The van der Waals surface area contributed by atoms with Crippen LogP contribution in [-0.2, 0) is 6.54 Å². The van der Waals surface area contributed by atoms with E-state index in [1.807, 2.05) is 39.0 Å². The Kier molecular flexibility index (Phi) is 4.00. The molecule has 0 saturated carbocycles. The van der Waals surface area contributed by atoms with Gasteiger partial charge in [0.1, 0.15) is 17.2 Å². The fourth-order valence-corrected chi connectivity index (χ4v) is 1.86. The lowest BCUT2D eigenvalue weighted by molar-refractivity contribution is 0.0669. The molecule has 0 atom stereocenters. The number of rotatable bonds is 4. The molecule has 100 valence electrons. The van der Waals surface area contributed by atoms with Gasteiger partial charge in [-0.3, -0.25) is 9.78 Å². The van der Waals surface area contributed by atoms with Crippen LogP contribution in [0.1, 0.15) is 35.9 Å². The maximum absolute atomic E-state index is 12.4. The maximum atomic E-state index is 12.4. The van der Waals surface area contributed by atoms with E-state index in [0.717, 1.165) is 11.5 Å². The molecular formula is C15H18N2O2. The first-order valence-electron chi connectivity index (χ1n) is 6.35. The van der Waals surface area contributed by atoms with Crippen LogP contribution in [0.5, 0.6) is 0 Å². The molecule has 0 saturated heterocycles. The quantitative estimate of drug-likeness (QED) is 0.846. The largest absolute Gasteiger partial charge is 0.464 e. The molecule has 2 aromatic rings. The summed E-state index contributed by atoms with van der Waals surface area (Å²) in [7, 11) is 0. The molecule has 4 heteroatoms. The van der Waals surface area contributed by atoms with E-state index in [-0.39, 0.29) is 11.9 Å². The molecule has 0 radical (unpaired) electrons. The van der Waals surface area contributed by atoms with Crippen LogP contribution in [0.25, 0.3) is 0 Å². The van der Waals surface area contributed by atoms with E-state index in [0.29, 0.717) is 12.2 Å². The number of pyridine rings is 1. The van der Waals surface area contributed by atoms with Crippen molar-refractivity contribution in [3.05, 3.63) is 53.7 Å². The molecule has 0 aliphatic carbocycles. The molecule has 2 rings (SSSR count). The van der Waals surface area contributed by atoms with Crippen molar-refractivity contribution in [3.63, 3.8) is 0 Å². The lowest BCUT2D eigenvalue weighted by Crippen LogP contribution is -2.36. The third kappa shape index (κ3) is 3.22. The molecule has 0 aliphatic rings. The van der Waals surface area contributed by atoms with Crippen molar-refractivity contribution in [2.75, 3.05) is 0 Å². The highest BCUT2D eigenvalue weighted by Gasteiger charge is 2.21. The van der Waals surface area contributed by atoms with Crippen molar-refractivity contribution in [1.29, 1.82) is 0 Å². The summed E-state index contributed by atoms with van der Waals surface area (Å²) in [6.45, 7) is 6.32. The van der Waals surface area contributed by atoms with Crippen molar-refractivity contribution >= 4 is 5.91 Å². The van der Waals surface area contributed by atoms with Crippen molar-refractivity contribution < 1.29 is 9.21 Å². The highest BCUT2D eigenvalue weighted by atomic mass is 16.3. The molecule has 1 amide bonds. The Labute approximate surface area is 113 Å². The van der Waals surface area contributed by atoms with Crippen LogP contribution in [0.3, 0.4) is 0 Å². The summed E-state index contributed by atoms with van der Waals surface area (Å²) >= 11 is 0. The van der Waals surface area contributed by atoms with Gasteiger partial charge in [0.25, 0.3) is 5.91 Å². The fourth-order valence-electron chi connectivity index (χ4n) is 1.86. The number of hydrogen-bond acceptors (Lipinski definition) is 3. The SMILES string of the molecule is Cc1ccc(CN(C(=O)c2ccccn2)C(C)C)o1. The number of hydrogen-bond donors (Lipinski definition) is 0. The van der Waals surface area contributed by atoms with Crippen LogP contribution in [0.4, 0.5) is 0 Å². The third-order valence-corrected chi connectivity index (χ3v) is 2.89. The summed E-state index contributed by atoms with van der Waals surface area (Å²) in [5.74, 6) is 1.56. The second-order valence-corrected chi connectivity index (χ2v) is 4.75. The van der Waals surface area contributed by atoms with Gasteiger partial charge >= 0.3 is 0 Å². The zero-order valence-electron chi connectivity index (χ0n) is 11.5. The summed E-state index contributed by atoms with van der Waals surface area (Å²) in [6.07, 6.45) is 1.63. The lowest BCUT2D eigenvalue weighted by atomic mass is 10.2. The van der Waals surface area contributed by atoms with Gasteiger partial charge in [0.15, 0.2) is 0 Å². The monoisotopic (exact) mass is 258 g/mol. The van der Waals surface area contributed by atoms with Crippen molar-refractivity contribution in [2.24, 2.45) is 0 Å². The van der Waals surface area contributed by atoms with Crippen LogP contribution in [-0.4, -0.2) is 21.8 Å². The third-order valence-electron chi connectivity index (χ3n) is 2.89. The van der Waals surface area contributed by atoms with Gasteiger partial charge in [0.2, 0.25) is 0 Å². The summed E-state index contributed by atoms with van der Waals surface area (Å²) in [4.78, 5) is 18.3. The van der Waals surface area contributed by atoms with Crippen LogP contribution < -0.4 is 0 Å². The van der Waals surface area contributed by atoms with Crippen molar-refractivity contribution in [2.45, 2.75) is 33.4 Å². The summed E-state index contributed by atoms with van der Waals surface area (Å²) in [5.41, 5.74) is 0.458. The Balaban J connectivity index is 2.19. The molecule has 2 heterocycles. The topological polar surface area (TPSA) is 46.3 Å². The molecule has 0 spiro atoms. The van der Waals surface area contributed by atoms with Crippen molar-refractivity contribution in [1.82, 2.24) is 9.88 Å². The van der Waals surface area contributed by atoms with Gasteiger partial charge in [0.05, 0.1) is 6.54 Å². The zero-order valence-corrected chi connectivity index (χ0v) is 11.5. The standard InChI is InChI=1S/C15H18N2O2/c1-11(2)17(10-13-8-7-12(3)19-13)15(18)14-6-4-5-9-16-14/h4-9,11H,10H2,1-3H3. The number of nitrogens with zero attached hydrogens (tertiary/aromatic N) is 2. The van der Waals surface area contributed by atoms with Gasteiger partial charge in [-0.1, -0.05) is 6.07 Å². The molecule has 4 nitrogen and oxygen atoms in total. The second kappa shape index (κ2) is 5.69. The molecule has 0 fully saturated rings. The first-order valence-corrected chi connectivity index (χ1v) is 6.35. The van der Waals surface area contributed by atoms with E-state index in [1.165, 1.54) is 0 Å². The minimum absolute atomic E-state index is 0.0790. The van der Waals surface area contributed by atoms with Gasteiger partial charge in [-0.25, -0.2) is 0 Å². The zero-order chi connectivity index (χ0) is 13.8. The lowest BCUT2D eigenvalue weighted by Gasteiger charge is -2.25. The number of carbonyl (C=O) groups is 1. The number of aryl methyl sites for hydroxylation is 1. The summed E-state index contributed by atoms with van der Waals surface area (Å²) in [6, 6.07) is 9.22. The molecule has 2 aromatic heterocycles. The molecule has 0 N–H and O–H groups in total. The Hall–Kier alpha value is -2.10. The van der Waals surface area contributed by atoms with Gasteiger partial charge in [-0.05, 0) is 45.0 Å². The van der Waals surface area contributed by atoms with E-state index < -0.39 is 0 Å². The van der Waals surface area contributed by atoms with Gasteiger partial charge in [0, 0.05) is 12.2 Å². The molecule has 0 aliphatic heterocycles. The Bertz CT molecular complexity index is 546. The molecular weight excluding hydrogens is 240 g/mol. The summed E-state index contributed by atoms with van der Waals surface area (Å²) < 4.78 is 5.54. The number of furan rings is 1. The Morgan fingerprint density at radius 3 is 2.63 bits per heavy atom. The predicted molar refractivity (Wildman–Crippen MR) is 72.7 cm³/mol. The van der Waals surface area contributed by atoms with Crippen LogP contribution in [0.2, 0.25) is 0 Å². The van der Waals surface area contributed by atoms with Crippen molar-refractivity contribution in [3.8, 4) is 0 Å². The highest BCUT2D eigenvalue weighted by Crippen LogP contribution is 2.14. The average molecular weight is 258 g/mol. The molecule has 0 bridgehead atoms. The Morgan fingerprint density at radius 2 is 2.11 bits per heavy atom.